The summed E-state index contributed by atoms with van der Waals surface area (Å²) in [5.41, 5.74) is 0.602. The minimum absolute atomic E-state index is 0.0485. The Morgan fingerprint density at radius 3 is 2.89 bits per heavy atom. The first-order valence-corrected chi connectivity index (χ1v) is 9.86. The van der Waals surface area contributed by atoms with E-state index < -0.39 is 11.6 Å². The van der Waals surface area contributed by atoms with Crippen LogP contribution in [-0.4, -0.2) is 21.8 Å². The molecule has 1 aliphatic carbocycles. The highest BCUT2D eigenvalue weighted by molar-refractivity contribution is 7.10. The number of carbonyl (C=O) groups is 2. The van der Waals surface area contributed by atoms with Crippen molar-refractivity contribution < 1.29 is 18.4 Å². The van der Waals surface area contributed by atoms with Crippen LogP contribution in [0.15, 0.2) is 46.3 Å². The number of urea groups is 1. The molecule has 1 fully saturated rings. The summed E-state index contributed by atoms with van der Waals surface area (Å²) in [6, 6.07) is 7.33. The van der Waals surface area contributed by atoms with E-state index >= 15 is 0 Å². The van der Waals surface area contributed by atoms with E-state index in [0.717, 1.165) is 28.2 Å². The Kier molecular flexibility index (Phi) is 3.83. The number of nitrogens with zero attached hydrogens (tertiary/aromatic N) is 2. The van der Waals surface area contributed by atoms with Crippen LogP contribution < -0.4 is 5.32 Å². The fourth-order valence-electron chi connectivity index (χ4n) is 3.95. The molecule has 6 nitrogen and oxygen atoms in total. The van der Waals surface area contributed by atoms with Crippen molar-refractivity contribution in [1.82, 2.24) is 15.2 Å². The zero-order valence-electron chi connectivity index (χ0n) is 14.8. The molecule has 1 N–H and O–H groups in total. The predicted octanol–water partition coefficient (Wildman–Crippen LogP) is 3.83. The molecule has 3 amide bonds. The van der Waals surface area contributed by atoms with Gasteiger partial charge in [-0.2, -0.15) is 0 Å². The number of rotatable bonds is 3. The van der Waals surface area contributed by atoms with Crippen LogP contribution in [0.4, 0.5) is 9.18 Å². The lowest BCUT2D eigenvalue weighted by atomic mass is 9.80. The second kappa shape index (κ2) is 6.27. The van der Waals surface area contributed by atoms with Gasteiger partial charge in [-0.3, -0.25) is 9.69 Å². The zero-order valence-corrected chi connectivity index (χ0v) is 15.6. The number of imide groups is 1. The Bertz CT molecular complexity index is 1070. The molecule has 1 aliphatic heterocycles. The van der Waals surface area contributed by atoms with Crippen LogP contribution in [0.5, 0.6) is 0 Å². The molecule has 28 heavy (non-hydrogen) atoms. The largest absolute Gasteiger partial charge is 0.439 e. The molecule has 2 aliphatic rings. The fourth-order valence-corrected chi connectivity index (χ4v) is 4.95. The Labute approximate surface area is 164 Å². The second-order valence-corrected chi connectivity index (χ2v) is 7.96. The van der Waals surface area contributed by atoms with Gasteiger partial charge in [-0.15, -0.1) is 11.3 Å². The summed E-state index contributed by atoms with van der Waals surface area (Å²) in [6.45, 7) is -0.0485. The molecule has 2 aromatic heterocycles. The van der Waals surface area contributed by atoms with Crippen molar-refractivity contribution in [3.05, 3.63) is 64.1 Å². The van der Waals surface area contributed by atoms with Gasteiger partial charge in [-0.05, 0) is 55.0 Å². The van der Waals surface area contributed by atoms with Crippen molar-refractivity contribution in [2.75, 3.05) is 0 Å². The van der Waals surface area contributed by atoms with Crippen molar-refractivity contribution in [1.29, 1.82) is 0 Å². The van der Waals surface area contributed by atoms with Crippen LogP contribution in [0.1, 0.15) is 29.2 Å². The van der Waals surface area contributed by atoms with Gasteiger partial charge in [0.15, 0.2) is 5.76 Å². The second-order valence-electron chi connectivity index (χ2n) is 6.96. The number of hydrogen-bond acceptors (Lipinski definition) is 5. The average molecular weight is 397 g/mol. The van der Waals surface area contributed by atoms with Crippen molar-refractivity contribution >= 4 is 23.3 Å². The Hall–Kier alpha value is -3.00. The molecular formula is C20H16FN3O3S. The van der Waals surface area contributed by atoms with Crippen LogP contribution in [0.25, 0.3) is 11.3 Å². The highest BCUT2D eigenvalue weighted by Crippen LogP contribution is 2.42. The number of nitrogens with one attached hydrogen (secondary N) is 1. The van der Waals surface area contributed by atoms with E-state index in [1.54, 1.807) is 23.5 Å². The summed E-state index contributed by atoms with van der Waals surface area (Å²) in [4.78, 5) is 32.3. The Balaban J connectivity index is 1.41. The molecule has 3 aromatic rings. The predicted molar refractivity (Wildman–Crippen MR) is 99.9 cm³/mol. The third-order valence-corrected chi connectivity index (χ3v) is 6.29. The smallest absolute Gasteiger partial charge is 0.325 e. The summed E-state index contributed by atoms with van der Waals surface area (Å²) in [6.07, 6.45) is 3.87. The minimum atomic E-state index is -0.975. The molecule has 1 unspecified atom stereocenters. The maximum Gasteiger partial charge on any atom is 0.325 e. The van der Waals surface area contributed by atoms with Gasteiger partial charge in [-0.1, -0.05) is 0 Å². The maximum absolute atomic E-state index is 13.2. The third kappa shape index (κ3) is 2.56. The van der Waals surface area contributed by atoms with Crippen LogP contribution in [0, 0.1) is 5.82 Å². The first-order chi connectivity index (χ1) is 13.6. The topological polar surface area (TPSA) is 75.4 Å². The number of aromatic nitrogens is 1. The van der Waals surface area contributed by atoms with E-state index in [1.807, 2.05) is 11.4 Å². The molecular weight excluding hydrogens is 381 g/mol. The number of oxazole rings is 1. The van der Waals surface area contributed by atoms with Gasteiger partial charge in [0.2, 0.25) is 5.89 Å². The SMILES string of the molecule is O=C1NC2(CCCc3sccc32)C(=O)N1Cc1ncc(-c2ccc(F)cc2)o1. The maximum atomic E-state index is 13.2. The fraction of sp³-hybridized carbons (Fsp3) is 0.250. The number of benzene rings is 1. The lowest BCUT2D eigenvalue weighted by Gasteiger charge is -2.31. The first kappa shape index (κ1) is 17.1. The van der Waals surface area contributed by atoms with E-state index in [-0.39, 0.29) is 24.2 Å². The van der Waals surface area contributed by atoms with Crippen molar-refractivity contribution in [2.45, 2.75) is 31.3 Å². The van der Waals surface area contributed by atoms with Gasteiger partial charge in [0.1, 0.15) is 17.9 Å². The third-order valence-electron chi connectivity index (χ3n) is 5.31. The number of amides is 3. The van der Waals surface area contributed by atoms with Crippen LogP contribution in [0.2, 0.25) is 0 Å². The lowest BCUT2D eigenvalue weighted by Crippen LogP contribution is -2.46. The Morgan fingerprint density at radius 2 is 2.07 bits per heavy atom. The minimum Gasteiger partial charge on any atom is -0.439 e. The van der Waals surface area contributed by atoms with Gasteiger partial charge in [-0.25, -0.2) is 14.2 Å². The molecule has 5 rings (SSSR count). The quantitative estimate of drug-likeness (QED) is 0.682. The molecule has 8 heteroatoms. The number of halogens is 1. The molecule has 0 bridgehead atoms. The van der Waals surface area contributed by atoms with Crippen LogP contribution in [0.3, 0.4) is 0 Å². The summed E-state index contributed by atoms with van der Waals surface area (Å²) in [5.74, 6) is 0.0996. The molecule has 1 atom stereocenters. The highest BCUT2D eigenvalue weighted by atomic mass is 32.1. The molecule has 142 valence electrons. The summed E-state index contributed by atoms with van der Waals surface area (Å²) in [7, 11) is 0. The number of fused-ring (bicyclic) bond motifs is 2. The molecule has 1 saturated heterocycles. The van der Waals surface area contributed by atoms with Crippen LogP contribution >= 0.6 is 11.3 Å². The number of carbonyl (C=O) groups excluding carboxylic acids is 2. The van der Waals surface area contributed by atoms with Gasteiger partial charge < -0.3 is 9.73 Å². The number of hydrogen-bond donors (Lipinski definition) is 1. The van der Waals surface area contributed by atoms with Crippen molar-refractivity contribution in [3.63, 3.8) is 0 Å². The average Bonchev–Trinajstić information content (AvgIpc) is 3.40. The van der Waals surface area contributed by atoms with Gasteiger partial charge >= 0.3 is 6.03 Å². The molecule has 1 aromatic carbocycles. The van der Waals surface area contributed by atoms with E-state index in [1.165, 1.54) is 18.3 Å². The van der Waals surface area contributed by atoms with E-state index in [9.17, 15) is 14.0 Å². The summed E-state index contributed by atoms with van der Waals surface area (Å²) >= 11 is 1.62. The van der Waals surface area contributed by atoms with Gasteiger partial charge in [0, 0.05) is 16.0 Å². The lowest BCUT2D eigenvalue weighted by molar-refractivity contribution is -0.132. The van der Waals surface area contributed by atoms with E-state index in [4.69, 9.17) is 4.42 Å². The molecule has 0 radical (unpaired) electrons. The standard InChI is InChI=1S/C20H16FN3O3S/c21-13-5-3-12(4-6-13)15-10-22-17(27-15)11-24-18(25)20(23-19(24)26)8-1-2-16-14(20)7-9-28-16/h3-7,9-10H,1-2,8,11H2,(H,23,26). The summed E-state index contributed by atoms with van der Waals surface area (Å²) in [5, 5.41) is 4.87. The Morgan fingerprint density at radius 1 is 1.25 bits per heavy atom. The van der Waals surface area contributed by atoms with Gasteiger partial charge in [0.05, 0.1) is 6.20 Å². The number of aryl methyl sites for hydroxylation is 1. The molecule has 0 saturated carbocycles. The monoisotopic (exact) mass is 397 g/mol. The van der Waals surface area contributed by atoms with Crippen molar-refractivity contribution in [3.8, 4) is 11.3 Å². The zero-order chi connectivity index (χ0) is 19.3. The summed E-state index contributed by atoms with van der Waals surface area (Å²) < 4.78 is 18.8. The van der Waals surface area contributed by atoms with Crippen LogP contribution in [-0.2, 0) is 23.3 Å². The number of thiophene rings is 1. The van der Waals surface area contributed by atoms with Gasteiger partial charge in [0.25, 0.3) is 5.91 Å². The van der Waals surface area contributed by atoms with E-state index in [0.29, 0.717) is 17.7 Å². The molecule has 3 heterocycles. The first-order valence-electron chi connectivity index (χ1n) is 8.98. The highest BCUT2D eigenvalue weighted by Gasteiger charge is 2.54. The molecule has 1 spiro atoms. The normalized spacial score (nSPS) is 21.2. The van der Waals surface area contributed by atoms with E-state index in [2.05, 4.69) is 10.3 Å². The van der Waals surface area contributed by atoms with Crippen molar-refractivity contribution in [2.24, 2.45) is 0 Å².